The average Bonchev–Trinajstić information content (AvgIpc) is 3.18. The number of pyridine rings is 1. The fraction of sp³-hybridized carbons (Fsp3) is 0.417. The number of para-hydroxylation sites is 1. The van der Waals surface area contributed by atoms with E-state index in [1.807, 2.05) is 60.0 Å². The smallest absolute Gasteiger partial charge is 0.238 e. The quantitative estimate of drug-likeness (QED) is 0.456. The number of fused-ring (bicyclic) bond motifs is 5. The van der Waals surface area contributed by atoms with Crippen LogP contribution in [0.5, 0.6) is 5.75 Å². The standard InChI is InChI=1S/C24H27N5O3/c1-24-15-17(16-9-4-5-10-18(16)32-24)21(22(25)30)23(31)29(24)14-7-2-3-11-19-26-27-20-12-6-8-13-28(19)20/h4-6,8-10,12-13,17,21H,2-3,7,11,14-15H2,1H3,(H2,25,30). The van der Waals surface area contributed by atoms with E-state index < -0.39 is 17.6 Å². The van der Waals surface area contributed by atoms with E-state index in [4.69, 9.17) is 10.5 Å². The van der Waals surface area contributed by atoms with E-state index in [1.165, 1.54) is 0 Å². The Labute approximate surface area is 186 Å². The molecule has 0 spiro atoms. The molecule has 3 atom stereocenters. The Morgan fingerprint density at radius 3 is 2.81 bits per heavy atom. The van der Waals surface area contributed by atoms with E-state index in [0.29, 0.717) is 13.0 Å². The predicted octanol–water partition coefficient (Wildman–Crippen LogP) is 2.67. The van der Waals surface area contributed by atoms with Crippen molar-refractivity contribution < 1.29 is 14.3 Å². The molecule has 2 N–H and O–H groups in total. The lowest BCUT2D eigenvalue weighted by Gasteiger charge is -2.52. The van der Waals surface area contributed by atoms with Crippen molar-refractivity contribution in [3.8, 4) is 5.75 Å². The number of primary amides is 1. The van der Waals surface area contributed by atoms with Gasteiger partial charge in [0.25, 0.3) is 0 Å². The zero-order valence-corrected chi connectivity index (χ0v) is 18.1. The summed E-state index contributed by atoms with van der Waals surface area (Å²) < 4.78 is 8.30. The van der Waals surface area contributed by atoms with Crippen LogP contribution < -0.4 is 10.5 Å². The molecular weight excluding hydrogens is 406 g/mol. The van der Waals surface area contributed by atoms with Crippen molar-refractivity contribution in [1.82, 2.24) is 19.5 Å². The minimum Gasteiger partial charge on any atom is -0.468 e. The fourth-order valence-electron chi connectivity index (χ4n) is 5.17. The van der Waals surface area contributed by atoms with E-state index in [1.54, 1.807) is 4.90 Å². The van der Waals surface area contributed by atoms with Gasteiger partial charge in [-0.15, -0.1) is 10.2 Å². The fourth-order valence-corrected chi connectivity index (χ4v) is 5.17. The number of aryl methyl sites for hydroxylation is 1. The number of piperidine rings is 1. The number of nitrogens with two attached hydrogens (primary N) is 1. The SMILES string of the molecule is CC12CC(c3ccccc3O1)C(C(N)=O)C(=O)N2CCCCCc1nnc2ccccn12. The van der Waals surface area contributed by atoms with Crippen LogP contribution in [0.15, 0.2) is 48.7 Å². The van der Waals surface area contributed by atoms with E-state index >= 15 is 0 Å². The lowest BCUT2D eigenvalue weighted by atomic mass is 9.73. The van der Waals surface area contributed by atoms with Gasteiger partial charge in [-0.2, -0.15) is 0 Å². The van der Waals surface area contributed by atoms with Gasteiger partial charge < -0.3 is 15.4 Å². The van der Waals surface area contributed by atoms with Crippen molar-refractivity contribution in [1.29, 1.82) is 0 Å². The monoisotopic (exact) mass is 433 g/mol. The normalized spacial score (nSPS) is 24.3. The molecule has 8 heteroatoms. The summed E-state index contributed by atoms with van der Waals surface area (Å²) in [5.41, 5.74) is 6.65. The van der Waals surface area contributed by atoms with Gasteiger partial charge in [-0.05, 0) is 43.5 Å². The Bertz CT molecular complexity index is 1180. The van der Waals surface area contributed by atoms with E-state index in [2.05, 4.69) is 10.2 Å². The van der Waals surface area contributed by atoms with Crippen LogP contribution in [-0.4, -0.2) is 43.6 Å². The molecule has 0 radical (unpaired) electrons. The van der Waals surface area contributed by atoms with Crippen LogP contribution in [-0.2, 0) is 16.0 Å². The molecule has 2 bridgehead atoms. The van der Waals surface area contributed by atoms with Gasteiger partial charge in [-0.3, -0.25) is 14.0 Å². The molecule has 2 amide bonds. The second kappa shape index (κ2) is 7.93. The highest BCUT2D eigenvalue weighted by Gasteiger charge is 2.55. The molecular formula is C24H27N5O3. The molecule has 4 heterocycles. The van der Waals surface area contributed by atoms with Crippen molar-refractivity contribution in [3.05, 3.63) is 60.0 Å². The predicted molar refractivity (Wildman–Crippen MR) is 118 cm³/mol. The lowest BCUT2D eigenvalue weighted by Crippen LogP contribution is -2.64. The third-order valence-corrected chi connectivity index (χ3v) is 6.73. The van der Waals surface area contributed by atoms with Gasteiger partial charge in [0, 0.05) is 31.5 Å². The first kappa shape index (κ1) is 20.5. The van der Waals surface area contributed by atoms with Crippen LogP contribution in [0.25, 0.3) is 5.65 Å². The highest BCUT2D eigenvalue weighted by molar-refractivity contribution is 6.01. The summed E-state index contributed by atoms with van der Waals surface area (Å²) in [5.74, 6) is -0.223. The van der Waals surface area contributed by atoms with E-state index in [9.17, 15) is 9.59 Å². The number of rotatable bonds is 7. The second-order valence-corrected chi connectivity index (χ2v) is 8.85. The molecule has 32 heavy (non-hydrogen) atoms. The Morgan fingerprint density at radius 2 is 1.97 bits per heavy atom. The third kappa shape index (κ3) is 3.39. The summed E-state index contributed by atoms with van der Waals surface area (Å²) >= 11 is 0. The number of benzene rings is 1. The van der Waals surface area contributed by atoms with Crippen molar-refractivity contribution in [3.63, 3.8) is 0 Å². The second-order valence-electron chi connectivity index (χ2n) is 8.85. The maximum absolute atomic E-state index is 13.3. The molecule has 0 aliphatic carbocycles. The van der Waals surface area contributed by atoms with Gasteiger partial charge in [-0.1, -0.05) is 30.7 Å². The molecule has 1 aromatic carbocycles. The summed E-state index contributed by atoms with van der Waals surface area (Å²) in [6.45, 7) is 2.46. The van der Waals surface area contributed by atoms with Crippen LogP contribution in [0.4, 0.5) is 0 Å². The van der Waals surface area contributed by atoms with Crippen molar-refractivity contribution in [2.75, 3.05) is 6.54 Å². The van der Waals surface area contributed by atoms with Crippen LogP contribution in [0.3, 0.4) is 0 Å². The lowest BCUT2D eigenvalue weighted by molar-refractivity contribution is -0.175. The molecule has 0 saturated carbocycles. The Morgan fingerprint density at radius 1 is 1.16 bits per heavy atom. The summed E-state index contributed by atoms with van der Waals surface area (Å²) in [6, 6.07) is 13.5. The Balaban J connectivity index is 1.26. The molecule has 3 aromatic rings. The maximum atomic E-state index is 13.3. The molecule has 8 nitrogen and oxygen atoms in total. The number of hydrogen-bond acceptors (Lipinski definition) is 5. The third-order valence-electron chi connectivity index (χ3n) is 6.73. The molecule has 3 unspecified atom stereocenters. The molecule has 1 fully saturated rings. The molecule has 5 rings (SSSR count). The van der Waals surface area contributed by atoms with Gasteiger partial charge in [0.05, 0.1) is 0 Å². The Hall–Kier alpha value is -3.42. The van der Waals surface area contributed by atoms with Gasteiger partial charge >= 0.3 is 0 Å². The largest absolute Gasteiger partial charge is 0.468 e. The number of unbranched alkanes of at least 4 members (excludes halogenated alkanes) is 2. The number of carbonyl (C=O) groups is 2. The average molecular weight is 434 g/mol. The number of aromatic nitrogens is 3. The summed E-state index contributed by atoms with van der Waals surface area (Å²) in [6.07, 6.45) is 6.00. The van der Waals surface area contributed by atoms with Gasteiger partial charge in [-0.25, -0.2) is 0 Å². The first-order chi connectivity index (χ1) is 15.5. The first-order valence-corrected chi connectivity index (χ1v) is 11.2. The minimum atomic E-state index is -0.851. The summed E-state index contributed by atoms with van der Waals surface area (Å²) in [7, 11) is 0. The Kier molecular flexibility index (Phi) is 5.07. The number of amides is 2. The molecule has 2 aliphatic heterocycles. The number of ether oxygens (including phenoxy) is 1. The molecule has 2 aliphatic rings. The van der Waals surface area contributed by atoms with E-state index in [0.717, 1.165) is 48.5 Å². The van der Waals surface area contributed by atoms with Crippen molar-refractivity contribution in [2.45, 2.75) is 50.7 Å². The van der Waals surface area contributed by atoms with Crippen LogP contribution >= 0.6 is 0 Å². The topological polar surface area (TPSA) is 103 Å². The summed E-state index contributed by atoms with van der Waals surface area (Å²) in [5, 5.41) is 8.46. The number of hydrogen-bond donors (Lipinski definition) is 1. The summed E-state index contributed by atoms with van der Waals surface area (Å²) in [4.78, 5) is 27.3. The molecule has 2 aromatic heterocycles. The van der Waals surface area contributed by atoms with E-state index in [-0.39, 0.29) is 11.8 Å². The molecule has 166 valence electrons. The van der Waals surface area contributed by atoms with Crippen LogP contribution in [0.2, 0.25) is 0 Å². The number of likely N-dealkylation sites (tertiary alicyclic amines) is 1. The van der Waals surface area contributed by atoms with Gasteiger partial charge in [0.15, 0.2) is 11.4 Å². The highest BCUT2D eigenvalue weighted by Crippen LogP contribution is 2.50. The highest BCUT2D eigenvalue weighted by atomic mass is 16.5. The number of carbonyl (C=O) groups excluding carboxylic acids is 2. The maximum Gasteiger partial charge on any atom is 0.238 e. The van der Waals surface area contributed by atoms with Crippen LogP contribution in [0.1, 0.15) is 49.9 Å². The van der Waals surface area contributed by atoms with Gasteiger partial charge in [0.1, 0.15) is 17.5 Å². The van der Waals surface area contributed by atoms with Crippen molar-refractivity contribution in [2.24, 2.45) is 11.7 Å². The zero-order chi connectivity index (χ0) is 22.3. The van der Waals surface area contributed by atoms with Gasteiger partial charge in [0.2, 0.25) is 11.8 Å². The minimum absolute atomic E-state index is 0.228. The first-order valence-electron chi connectivity index (χ1n) is 11.2. The van der Waals surface area contributed by atoms with Crippen molar-refractivity contribution >= 4 is 17.5 Å². The van der Waals surface area contributed by atoms with Crippen LogP contribution in [0, 0.1) is 5.92 Å². The zero-order valence-electron chi connectivity index (χ0n) is 18.1. The number of nitrogens with zero attached hydrogens (tertiary/aromatic N) is 4. The molecule has 1 saturated heterocycles.